The third kappa shape index (κ3) is 10.2. The Morgan fingerprint density at radius 3 is 2.00 bits per heavy atom. The Labute approximate surface area is 114 Å². The Hall–Kier alpha value is -1.43. The van der Waals surface area contributed by atoms with Gasteiger partial charge in [-0.25, -0.2) is 0 Å². The largest absolute Gasteiger partial charge is 0.481 e. The van der Waals surface area contributed by atoms with Crippen LogP contribution in [0.15, 0.2) is 30.3 Å². The van der Waals surface area contributed by atoms with E-state index in [0.29, 0.717) is 0 Å². The number of aliphatic carboxylic acids is 1. The van der Waals surface area contributed by atoms with Gasteiger partial charge in [-0.3, -0.25) is 10.1 Å². The number of carboxylic acid groups (broad SMARTS) is 1. The van der Waals surface area contributed by atoms with Gasteiger partial charge in [0, 0.05) is 14.2 Å². The molecule has 0 amide bonds. The summed E-state index contributed by atoms with van der Waals surface area (Å²) in [6.07, 6.45) is 0.223. The second kappa shape index (κ2) is 10.5. The molecule has 2 N–H and O–H groups in total. The molecular formula is C14H23NO4. The molecule has 0 aromatic heterocycles. The van der Waals surface area contributed by atoms with Crippen LogP contribution in [0.5, 0.6) is 0 Å². The Bertz CT molecular complexity index is 335. The Morgan fingerprint density at radius 1 is 1.16 bits per heavy atom. The minimum atomic E-state index is -0.786. The number of carbonyl (C=O) groups is 1. The van der Waals surface area contributed by atoms with Crippen molar-refractivity contribution >= 4 is 5.97 Å². The molecule has 108 valence electrons. The molecule has 0 fully saturated rings. The van der Waals surface area contributed by atoms with E-state index in [1.165, 1.54) is 0 Å². The van der Waals surface area contributed by atoms with Gasteiger partial charge >= 0.3 is 5.97 Å². The first kappa shape index (κ1) is 17.6. The fourth-order valence-corrected chi connectivity index (χ4v) is 1.24. The van der Waals surface area contributed by atoms with Gasteiger partial charge in [0.15, 0.2) is 0 Å². The molecular weight excluding hydrogens is 246 g/mol. The van der Waals surface area contributed by atoms with Crippen LogP contribution in [0.2, 0.25) is 0 Å². The van der Waals surface area contributed by atoms with E-state index in [2.05, 4.69) is 5.32 Å². The number of benzene rings is 1. The molecule has 0 radical (unpaired) electrons. The van der Waals surface area contributed by atoms with Crippen molar-refractivity contribution in [3.8, 4) is 0 Å². The van der Waals surface area contributed by atoms with Gasteiger partial charge in [-0.15, -0.1) is 0 Å². The predicted octanol–water partition coefficient (Wildman–Crippen LogP) is 1.87. The molecule has 0 bridgehead atoms. The lowest BCUT2D eigenvalue weighted by atomic mass is 10.2. The molecule has 0 heterocycles. The average molecular weight is 269 g/mol. The molecule has 5 heteroatoms. The molecule has 1 aromatic rings. The van der Waals surface area contributed by atoms with E-state index >= 15 is 0 Å². The van der Waals surface area contributed by atoms with Gasteiger partial charge < -0.3 is 14.6 Å². The molecule has 1 rings (SSSR count). The van der Waals surface area contributed by atoms with Crippen LogP contribution in [-0.4, -0.2) is 37.8 Å². The maximum atomic E-state index is 10.2. The highest BCUT2D eigenvalue weighted by Gasteiger charge is 2.02. The van der Waals surface area contributed by atoms with Gasteiger partial charge in [0.1, 0.15) is 12.5 Å². The van der Waals surface area contributed by atoms with E-state index in [1.54, 1.807) is 26.4 Å². The molecule has 5 nitrogen and oxygen atoms in total. The van der Waals surface area contributed by atoms with Crippen molar-refractivity contribution in [2.24, 2.45) is 0 Å². The quantitative estimate of drug-likeness (QED) is 0.772. The van der Waals surface area contributed by atoms with Crippen molar-refractivity contribution in [2.45, 2.75) is 32.7 Å². The van der Waals surface area contributed by atoms with E-state index in [0.717, 1.165) is 5.56 Å². The van der Waals surface area contributed by atoms with E-state index in [1.807, 2.05) is 32.0 Å². The molecule has 19 heavy (non-hydrogen) atoms. The van der Waals surface area contributed by atoms with Crippen molar-refractivity contribution in [3.63, 3.8) is 0 Å². The van der Waals surface area contributed by atoms with Crippen LogP contribution in [0.1, 0.15) is 19.4 Å². The molecule has 0 aliphatic rings. The minimum Gasteiger partial charge on any atom is -0.481 e. The standard InChI is InChI=1S/C8H8O2.C6H15NO2/c9-8(10)6-7-4-2-1-3-5-7;1-5(8-3)7-6(2)9-4/h1-5H,6H2,(H,9,10);5-7H,1-4H3. The maximum absolute atomic E-state index is 10.2. The van der Waals surface area contributed by atoms with Gasteiger partial charge in [0.2, 0.25) is 0 Å². The molecule has 0 spiro atoms. The van der Waals surface area contributed by atoms with Gasteiger partial charge in [-0.2, -0.15) is 0 Å². The summed E-state index contributed by atoms with van der Waals surface area (Å²) in [5.74, 6) is -0.786. The maximum Gasteiger partial charge on any atom is 0.307 e. The van der Waals surface area contributed by atoms with Crippen LogP contribution in [0.3, 0.4) is 0 Å². The summed E-state index contributed by atoms with van der Waals surface area (Å²) in [6, 6.07) is 9.13. The molecule has 2 atom stereocenters. The first-order valence-corrected chi connectivity index (χ1v) is 6.07. The smallest absolute Gasteiger partial charge is 0.307 e. The Kier molecular flexibility index (Phi) is 9.70. The SMILES string of the molecule is COC(C)NC(C)OC.O=C(O)Cc1ccccc1. The van der Waals surface area contributed by atoms with Crippen LogP contribution in [-0.2, 0) is 20.7 Å². The summed E-state index contributed by atoms with van der Waals surface area (Å²) in [5, 5.41) is 11.4. The van der Waals surface area contributed by atoms with Crippen LogP contribution in [0, 0.1) is 0 Å². The molecule has 0 aliphatic carbocycles. The average Bonchev–Trinajstić information content (AvgIpc) is 2.39. The number of hydrogen-bond donors (Lipinski definition) is 2. The van der Waals surface area contributed by atoms with Gasteiger partial charge in [0.05, 0.1) is 6.42 Å². The monoisotopic (exact) mass is 269 g/mol. The summed E-state index contributed by atoms with van der Waals surface area (Å²) in [7, 11) is 3.31. The van der Waals surface area contributed by atoms with Crippen molar-refractivity contribution < 1.29 is 19.4 Å². The molecule has 2 unspecified atom stereocenters. The zero-order valence-electron chi connectivity index (χ0n) is 11.9. The lowest BCUT2D eigenvalue weighted by Gasteiger charge is -2.16. The van der Waals surface area contributed by atoms with Crippen molar-refractivity contribution in [2.75, 3.05) is 14.2 Å². The lowest BCUT2D eigenvalue weighted by Crippen LogP contribution is -2.36. The zero-order valence-corrected chi connectivity index (χ0v) is 11.9. The van der Waals surface area contributed by atoms with E-state index < -0.39 is 5.97 Å². The first-order chi connectivity index (χ1) is 8.99. The third-order valence-electron chi connectivity index (χ3n) is 2.37. The van der Waals surface area contributed by atoms with Crippen LogP contribution >= 0.6 is 0 Å². The normalized spacial score (nSPS) is 13.1. The Balaban J connectivity index is 0.000000344. The van der Waals surface area contributed by atoms with Crippen molar-refractivity contribution in [3.05, 3.63) is 35.9 Å². The van der Waals surface area contributed by atoms with Gasteiger partial charge in [0.25, 0.3) is 0 Å². The Morgan fingerprint density at radius 2 is 1.63 bits per heavy atom. The number of rotatable bonds is 6. The van der Waals surface area contributed by atoms with Crippen LogP contribution < -0.4 is 5.32 Å². The molecule has 0 aliphatic heterocycles. The zero-order chi connectivity index (χ0) is 14.7. The molecule has 0 saturated heterocycles. The number of methoxy groups -OCH3 is 2. The number of ether oxygens (including phenoxy) is 2. The van der Waals surface area contributed by atoms with Crippen molar-refractivity contribution in [1.29, 1.82) is 0 Å². The second-order valence-electron chi connectivity index (χ2n) is 3.98. The van der Waals surface area contributed by atoms with Crippen LogP contribution in [0.25, 0.3) is 0 Å². The highest BCUT2D eigenvalue weighted by Crippen LogP contribution is 1.98. The van der Waals surface area contributed by atoms with Gasteiger partial charge in [-0.05, 0) is 19.4 Å². The van der Waals surface area contributed by atoms with Crippen molar-refractivity contribution in [1.82, 2.24) is 5.32 Å². The number of hydrogen-bond acceptors (Lipinski definition) is 4. The summed E-state index contributed by atoms with van der Waals surface area (Å²) in [4.78, 5) is 10.2. The summed E-state index contributed by atoms with van der Waals surface area (Å²) in [6.45, 7) is 3.85. The fraction of sp³-hybridized carbons (Fsp3) is 0.500. The fourth-order valence-electron chi connectivity index (χ4n) is 1.24. The lowest BCUT2D eigenvalue weighted by molar-refractivity contribution is -0.136. The first-order valence-electron chi connectivity index (χ1n) is 6.07. The van der Waals surface area contributed by atoms with E-state index in [4.69, 9.17) is 14.6 Å². The number of nitrogens with one attached hydrogen (secondary N) is 1. The summed E-state index contributed by atoms with van der Waals surface area (Å²) in [5.41, 5.74) is 0.843. The van der Waals surface area contributed by atoms with Gasteiger partial charge in [-0.1, -0.05) is 30.3 Å². The minimum absolute atomic E-state index is 0.0555. The van der Waals surface area contributed by atoms with E-state index in [-0.39, 0.29) is 18.9 Å². The predicted molar refractivity (Wildman–Crippen MR) is 73.9 cm³/mol. The highest BCUT2D eigenvalue weighted by atomic mass is 16.5. The van der Waals surface area contributed by atoms with E-state index in [9.17, 15) is 4.79 Å². The highest BCUT2D eigenvalue weighted by molar-refractivity contribution is 5.70. The molecule has 0 saturated carbocycles. The third-order valence-corrected chi connectivity index (χ3v) is 2.37. The molecule has 1 aromatic carbocycles. The summed E-state index contributed by atoms with van der Waals surface area (Å²) >= 11 is 0. The second-order valence-corrected chi connectivity index (χ2v) is 3.98. The summed E-state index contributed by atoms with van der Waals surface area (Å²) < 4.78 is 9.86. The van der Waals surface area contributed by atoms with Crippen LogP contribution in [0.4, 0.5) is 0 Å². The topological polar surface area (TPSA) is 67.8 Å². The number of carboxylic acids is 1.